The summed E-state index contributed by atoms with van der Waals surface area (Å²) in [4.78, 5) is 24.0. The van der Waals surface area contributed by atoms with Crippen LogP contribution in [0.5, 0.6) is 0 Å². The van der Waals surface area contributed by atoms with Gasteiger partial charge < -0.3 is 10.1 Å². The van der Waals surface area contributed by atoms with Crippen LogP contribution in [0.1, 0.15) is 34.0 Å². The molecule has 0 radical (unpaired) electrons. The monoisotopic (exact) mass is 322 g/mol. The van der Waals surface area contributed by atoms with Crippen molar-refractivity contribution in [3.8, 4) is 6.07 Å². The van der Waals surface area contributed by atoms with E-state index in [0.29, 0.717) is 5.56 Å². The summed E-state index contributed by atoms with van der Waals surface area (Å²) in [6.45, 7) is 3.54. The lowest BCUT2D eigenvalue weighted by atomic mass is 10.1. The SMILES string of the molecule is CCc1cccc(C)c1NC(=O)COC(=O)c1cccc(C#N)c1. The first-order valence-electron chi connectivity index (χ1n) is 7.60. The van der Waals surface area contributed by atoms with Crippen molar-refractivity contribution in [2.24, 2.45) is 0 Å². The maximum Gasteiger partial charge on any atom is 0.338 e. The summed E-state index contributed by atoms with van der Waals surface area (Å²) in [6.07, 6.45) is 0.790. The van der Waals surface area contributed by atoms with Gasteiger partial charge in [-0.05, 0) is 42.7 Å². The van der Waals surface area contributed by atoms with Gasteiger partial charge in [-0.15, -0.1) is 0 Å². The molecule has 0 spiro atoms. The van der Waals surface area contributed by atoms with Crippen LogP contribution in [-0.2, 0) is 16.0 Å². The van der Waals surface area contributed by atoms with E-state index in [1.165, 1.54) is 12.1 Å². The molecule has 0 aromatic heterocycles. The maximum atomic E-state index is 12.1. The second-order valence-electron chi connectivity index (χ2n) is 5.28. The highest BCUT2D eigenvalue weighted by Gasteiger charge is 2.13. The molecule has 2 aromatic rings. The van der Waals surface area contributed by atoms with Gasteiger partial charge in [-0.3, -0.25) is 4.79 Å². The van der Waals surface area contributed by atoms with Gasteiger partial charge in [-0.25, -0.2) is 4.79 Å². The van der Waals surface area contributed by atoms with Crippen molar-refractivity contribution in [1.29, 1.82) is 5.26 Å². The van der Waals surface area contributed by atoms with Crippen molar-refractivity contribution >= 4 is 17.6 Å². The lowest BCUT2D eigenvalue weighted by Crippen LogP contribution is -2.22. The van der Waals surface area contributed by atoms with Crippen LogP contribution in [0.3, 0.4) is 0 Å². The number of rotatable bonds is 5. The van der Waals surface area contributed by atoms with Gasteiger partial charge in [0.25, 0.3) is 5.91 Å². The second-order valence-corrected chi connectivity index (χ2v) is 5.28. The third-order valence-electron chi connectivity index (χ3n) is 3.57. The van der Waals surface area contributed by atoms with Crippen LogP contribution >= 0.6 is 0 Å². The zero-order valence-electron chi connectivity index (χ0n) is 13.6. The minimum atomic E-state index is -0.636. The molecule has 122 valence electrons. The lowest BCUT2D eigenvalue weighted by molar-refractivity contribution is -0.119. The molecule has 0 bridgehead atoms. The van der Waals surface area contributed by atoms with E-state index >= 15 is 0 Å². The van der Waals surface area contributed by atoms with Gasteiger partial charge in [0.15, 0.2) is 6.61 Å². The molecule has 0 unspecified atom stereocenters. The molecule has 0 saturated carbocycles. The Kier molecular flexibility index (Phi) is 5.69. The molecular formula is C19H18N2O3. The number of anilines is 1. The highest BCUT2D eigenvalue weighted by atomic mass is 16.5. The molecular weight excluding hydrogens is 304 g/mol. The van der Waals surface area contributed by atoms with Crippen LogP contribution < -0.4 is 5.32 Å². The van der Waals surface area contributed by atoms with E-state index in [1.807, 2.05) is 38.1 Å². The number of benzene rings is 2. The van der Waals surface area contributed by atoms with E-state index in [-0.39, 0.29) is 12.2 Å². The molecule has 2 aromatic carbocycles. The molecule has 0 aliphatic carbocycles. The van der Waals surface area contributed by atoms with Gasteiger partial charge in [0.2, 0.25) is 0 Å². The number of esters is 1. The molecule has 0 aliphatic rings. The number of carbonyl (C=O) groups excluding carboxylic acids is 2. The average Bonchev–Trinajstić information content (AvgIpc) is 2.61. The molecule has 0 heterocycles. The van der Waals surface area contributed by atoms with E-state index in [1.54, 1.807) is 12.1 Å². The first kappa shape index (κ1) is 17.2. The Morgan fingerprint density at radius 2 is 1.96 bits per heavy atom. The van der Waals surface area contributed by atoms with Crippen LogP contribution in [0.2, 0.25) is 0 Å². The second kappa shape index (κ2) is 7.93. The first-order chi connectivity index (χ1) is 11.5. The van der Waals surface area contributed by atoms with Crippen molar-refractivity contribution in [2.45, 2.75) is 20.3 Å². The van der Waals surface area contributed by atoms with Gasteiger partial charge in [0, 0.05) is 5.69 Å². The third kappa shape index (κ3) is 4.20. The fraction of sp³-hybridized carbons (Fsp3) is 0.211. The van der Waals surface area contributed by atoms with E-state index < -0.39 is 11.9 Å². The number of ether oxygens (including phenoxy) is 1. The Morgan fingerprint density at radius 1 is 1.21 bits per heavy atom. The van der Waals surface area contributed by atoms with Gasteiger partial charge in [-0.2, -0.15) is 5.26 Å². The number of aryl methyl sites for hydroxylation is 2. The summed E-state index contributed by atoms with van der Waals surface area (Å²) in [5.74, 6) is -1.04. The highest BCUT2D eigenvalue weighted by molar-refractivity contribution is 5.96. The summed E-state index contributed by atoms with van der Waals surface area (Å²) in [5.41, 5.74) is 3.34. The molecule has 1 N–H and O–H groups in total. The Bertz CT molecular complexity index is 806. The molecule has 0 fully saturated rings. The molecule has 0 atom stereocenters. The summed E-state index contributed by atoms with van der Waals surface area (Å²) < 4.78 is 5.01. The number of amides is 1. The van der Waals surface area contributed by atoms with E-state index in [2.05, 4.69) is 5.32 Å². The molecule has 2 rings (SSSR count). The standard InChI is InChI=1S/C19H18N2O3/c1-3-15-8-4-6-13(2)18(15)21-17(22)12-24-19(23)16-9-5-7-14(10-16)11-20/h4-10H,3,12H2,1-2H3,(H,21,22). The van der Waals surface area contributed by atoms with Crippen LogP contribution in [0.4, 0.5) is 5.69 Å². The zero-order chi connectivity index (χ0) is 17.5. The molecule has 24 heavy (non-hydrogen) atoms. The van der Waals surface area contributed by atoms with Crippen molar-refractivity contribution < 1.29 is 14.3 Å². The number of nitrogens with one attached hydrogen (secondary N) is 1. The van der Waals surface area contributed by atoms with Gasteiger partial charge in [0.05, 0.1) is 17.2 Å². The van der Waals surface area contributed by atoms with Crippen molar-refractivity contribution in [2.75, 3.05) is 11.9 Å². The summed E-state index contributed by atoms with van der Waals surface area (Å²) in [7, 11) is 0. The summed E-state index contributed by atoms with van der Waals surface area (Å²) in [6, 6.07) is 13.9. The number of hydrogen-bond acceptors (Lipinski definition) is 4. The quantitative estimate of drug-likeness (QED) is 0.857. The predicted molar refractivity (Wildman–Crippen MR) is 90.6 cm³/mol. The minimum Gasteiger partial charge on any atom is -0.452 e. The number of carbonyl (C=O) groups is 2. The molecule has 0 aliphatic heterocycles. The molecule has 5 heteroatoms. The van der Waals surface area contributed by atoms with Crippen LogP contribution in [0.15, 0.2) is 42.5 Å². The lowest BCUT2D eigenvalue weighted by Gasteiger charge is -2.13. The molecule has 0 saturated heterocycles. The zero-order valence-corrected chi connectivity index (χ0v) is 13.6. The van der Waals surface area contributed by atoms with Crippen LogP contribution in [0, 0.1) is 18.3 Å². The Morgan fingerprint density at radius 3 is 2.67 bits per heavy atom. The Balaban J connectivity index is 1.99. The normalized spacial score (nSPS) is 9.88. The number of nitrogens with zero attached hydrogens (tertiary/aromatic N) is 1. The number of hydrogen-bond donors (Lipinski definition) is 1. The average molecular weight is 322 g/mol. The topological polar surface area (TPSA) is 79.2 Å². The summed E-state index contributed by atoms with van der Waals surface area (Å²) >= 11 is 0. The summed E-state index contributed by atoms with van der Waals surface area (Å²) in [5, 5.41) is 11.6. The van der Waals surface area contributed by atoms with E-state index in [9.17, 15) is 9.59 Å². The third-order valence-corrected chi connectivity index (χ3v) is 3.57. The molecule has 1 amide bonds. The predicted octanol–water partition coefficient (Wildman–Crippen LogP) is 3.22. The molecule has 5 nitrogen and oxygen atoms in total. The van der Waals surface area contributed by atoms with Crippen molar-refractivity contribution in [3.05, 3.63) is 64.7 Å². The fourth-order valence-electron chi connectivity index (χ4n) is 2.31. The van der Waals surface area contributed by atoms with E-state index in [0.717, 1.165) is 23.2 Å². The minimum absolute atomic E-state index is 0.243. The van der Waals surface area contributed by atoms with Crippen LogP contribution in [-0.4, -0.2) is 18.5 Å². The first-order valence-corrected chi connectivity index (χ1v) is 7.60. The highest BCUT2D eigenvalue weighted by Crippen LogP contribution is 2.20. The Labute approximate surface area is 140 Å². The number of nitriles is 1. The van der Waals surface area contributed by atoms with Crippen LogP contribution in [0.25, 0.3) is 0 Å². The Hall–Kier alpha value is -3.13. The van der Waals surface area contributed by atoms with Crippen molar-refractivity contribution in [3.63, 3.8) is 0 Å². The van der Waals surface area contributed by atoms with Crippen molar-refractivity contribution in [1.82, 2.24) is 0 Å². The van der Waals surface area contributed by atoms with E-state index in [4.69, 9.17) is 10.00 Å². The van der Waals surface area contributed by atoms with Gasteiger partial charge in [-0.1, -0.05) is 31.2 Å². The number of para-hydroxylation sites is 1. The maximum absolute atomic E-state index is 12.1. The smallest absolute Gasteiger partial charge is 0.338 e. The van der Waals surface area contributed by atoms with Gasteiger partial charge in [0.1, 0.15) is 0 Å². The van der Waals surface area contributed by atoms with Gasteiger partial charge >= 0.3 is 5.97 Å². The largest absolute Gasteiger partial charge is 0.452 e. The fourth-order valence-corrected chi connectivity index (χ4v) is 2.31.